The number of nitrogens with one attached hydrogen (secondary N) is 1. The van der Waals surface area contributed by atoms with Gasteiger partial charge in [0.15, 0.2) is 0 Å². The van der Waals surface area contributed by atoms with Crippen molar-refractivity contribution in [2.75, 3.05) is 0 Å². The molecule has 2 amide bonds. The number of halogens is 1. The van der Waals surface area contributed by atoms with Crippen molar-refractivity contribution in [3.8, 4) is 0 Å². The molecular weight excluding hydrogens is 235 g/mol. The van der Waals surface area contributed by atoms with Crippen LogP contribution in [0.25, 0.3) is 0 Å². The molecule has 1 saturated carbocycles. The first-order valence-corrected chi connectivity index (χ1v) is 5.94. The van der Waals surface area contributed by atoms with Gasteiger partial charge in [-0.1, -0.05) is 6.07 Å². The molecule has 1 fully saturated rings. The molecule has 2 rings (SSSR count). The number of rotatable bonds is 5. The van der Waals surface area contributed by atoms with E-state index >= 15 is 0 Å². The van der Waals surface area contributed by atoms with Crippen LogP contribution < -0.4 is 11.1 Å². The van der Waals surface area contributed by atoms with Crippen LogP contribution in [0.1, 0.15) is 35.2 Å². The summed E-state index contributed by atoms with van der Waals surface area (Å²) in [7, 11) is 0. The normalized spacial score (nSPS) is 14.3. The Balaban J connectivity index is 1.99. The van der Waals surface area contributed by atoms with Crippen LogP contribution in [0.5, 0.6) is 0 Å². The van der Waals surface area contributed by atoms with Crippen molar-refractivity contribution >= 4 is 11.8 Å². The van der Waals surface area contributed by atoms with Gasteiger partial charge in [-0.05, 0) is 37.0 Å². The Bertz CT molecular complexity index is 484. The largest absolute Gasteiger partial charge is 0.366 e. The number of primary amides is 1. The monoisotopic (exact) mass is 250 g/mol. The Labute approximate surface area is 104 Å². The van der Waals surface area contributed by atoms with Gasteiger partial charge in [-0.3, -0.25) is 9.59 Å². The van der Waals surface area contributed by atoms with Crippen molar-refractivity contribution in [1.29, 1.82) is 0 Å². The summed E-state index contributed by atoms with van der Waals surface area (Å²) >= 11 is 0. The highest BCUT2D eigenvalue weighted by Gasteiger charge is 2.23. The van der Waals surface area contributed by atoms with E-state index in [-0.39, 0.29) is 17.9 Å². The van der Waals surface area contributed by atoms with E-state index in [1.54, 1.807) is 0 Å². The van der Waals surface area contributed by atoms with Gasteiger partial charge in [-0.25, -0.2) is 4.39 Å². The highest BCUT2D eigenvalue weighted by atomic mass is 19.1. The summed E-state index contributed by atoms with van der Waals surface area (Å²) in [6.07, 6.45) is 2.74. The zero-order valence-corrected chi connectivity index (χ0v) is 9.91. The third kappa shape index (κ3) is 3.29. The second-order valence-electron chi connectivity index (χ2n) is 4.51. The minimum absolute atomic E-state index is 0.0442. The lowest BCUT2D eigenvalue weighted by Crippen LogP contribution is -2.25. The molecule has 0 radical (unpaired) electrons. The van der Waals surface area contributed by atoms with Crippen molar-refractivity contribution < 1.29 is 14.0 Å². The van der Waals surface area contributed by atoms with Gasteiger partial charge in [0.1, 0.15) is 5.82 Å². The molecule has 0 aliphatic heterocycles. The number of carbonyl (C=O) groups is 2. The van der Waals surface area contributed by atoms with E-state index in [2.05, 4.69) is 5.32 Å². The van der Waals surface area contributed by atoms with Gasteiger partial charge in [0, 0.05) is 18.0 Å². The molecule has 18 heavy (non-hydrogen) atoms. The van der Waals surface area contributed by atoms with Crippen molar-refractivity contribution in [3.63, 3.8) is 0 Å². The highest BCUT2D eigenvalue weighted by Crippen LogP contribution is 2.19. The third-order valence-corrected chi connectivity index (χ3v) is 2.90. The molecule has 1 aromatic carbocycles. The topological polar surface area (TPSA) is 72.2 Å². The fourth-order valence-corrected chi connectivity index (χ4v) is 1.77. The van der Waals surface area contributed by atoms with E-state index in [1.165, 1.54) is 12.1 Å². The van der Waals surface area contributed by atoms with Crippen LogP contribution in [0, 0.1) is 5.82 Å². The van der Waals surface area contributed by atoms with E-state index in [4.69, 9.17) is 5.73 Å². The molecule has 0 atom stereocenters. The smallest absolute Gasteiger partial charge is 0.249 e. The SMILES string of the molecule is NC(=O)c1cc(F)ccc1CCC(=O)NC1CC1. The average molecular weight is 250 g/mol. The van der Waals surface area contributed by atoms with E-state index < -0.39 is 11.7 Å². The Kier molecular flexibility index (Phi) is 3.60. The second-order valence-corrected chi connectivity index (χ2v) is 4.51. The molecule has 1 aliphatic carbocycles. The van der Waals surface area contributed by atoms with Gasteiger partial charge in [-0.15, -0.1) is 0 Å². The summed E-state index contributed by atoms with van der Waals surface area (Å²) in [4.78, 5) is 22.7. The number of carbonyl (C=O) groups excluding carboxylic acids is 2. The predicted octanol–water partition coefficient (Wildman–Crippen LogP) is 1.14. The van der Waals surface area contributed by atoms with Crippen LogP contribution in [0.2, 0.25) is 0 Å². The molecule has 0 aromatic heterocycles. The van der Waals surface area contributed by atoms with Crippen molar-refractivity contribution in [2.24, 2.45) is 5.73 Å². The minimum Gasteiger partial charge on any atom is -0.366 e. The molecule has 4 nitrogen and oxygen atoms in total. The summed E-state index contributed by atoms with van der Waals surface area (Å²) in [5, 5.41) is 2.85. The maximum Gasteiger partial charge on any atom is 0.249 e. The number of nitrogens with two attached hydrogens (primary N) is 1. The lowest BCUT2D eigenvalue weighted by Gasteiger charge is -2.07. The van der Waals surface area contributed by atoms with Gasteiger partial charge in [0.25, 0.3) is 0 Å². The number of hydrogen-bond acceptors (Lipinski definition) is 2. The first kappa shape index (κ1) is 12.5. The third-order valence-electron chi connectivity index (χ3n) is 2.90. The zero-order chi connectivity index (χ0) is 13.1. The van der Waals surface area contributed by atoms with Crippen molar-refractivity contribution in [3.05, 3.63) is 35.1 Å². The molecule has 3 N–H and O–H groups in total. The van der Waals surface area contributed by atoms with Crippen molar-refractivity contribution in [2.45, 2.75) is 31.7 Å². The molecule has 0 unspecified atom stereocenters. The molecule has 0 bridgehead atoms. The van der Waals surface area contributed by atoms with Crippen LogP contribution in [-0.2, 0) is 11.2 Å². The Morgan fingerprint density at radius 2 is 2.11 bits per heavy atom. The maximum atomic E-state index is 13.0. The fourth-order valence-electron chi connectivity index (χ4n) is 1.77. The van der Waals surface area contributed by atoms with E-state index in [0.717, 1.165) is 18.9 Å². The average Bonchev–Trinajstić information content (AvgIpc) is 3.11. The maximum absolute atomic E-state index is 13.0. The molecule has 1 aromatic rings. The summed E-state index contributed by atoms with van der Waals surface area (Å²) in [6.45, 7) is 0. The number of amides is 2. The zero-order valence-electron chi connectivity index (χ0n) is 9.91. The minimum atomic E-state index is -0.674. The lowest BCUT2D eigenvalue weighted by molar-refractivity contribution is -0.121. The molecule has 0 spiro atoms. The lowest BCUT2D eigenvalue weighted by atomic mass is 10.0. The van der Waals surface area contributed by atoms with Crippen LogP contribution in [0.3, 0.4) is 0 Å². The van der Waals surface area contributed by atoms with Crippen molar-refractivity contribution in [1.82, 2.24) is 5.32 Å². The van der Waals surface area contributed by atoms with Gasteiger partial charge < -0.3 is 11.1 Å². The Morgan fingerprint density at radius 3 is 2.72 bits per heavy atom. The molecule has 0 saturated heterocycles. The standard InChI is InChI=1S/C13H15FN2O2/c14-9-3-1-8(11(7-9)13(15)18)2-6-12(17)16-10-4-5-10/h1,3,7,10H,2,4-6H2,(H2,15,18)(H,16,17). The second kappa shape index (κ2) is 5.16. The quantitative estimate of drug-likeness (QED) is 0.822. The van der Waals surface area contributed by atoms with E-state index in [1.807, 2.05) is 0 Å². The molecular formula is C13H15FN2O2. The fraction of sp³-hybridized carbons (Fsp3) is 0.385. The number of benzene rings is 1. The summed E-state index contributed by atoms with van der Waals surface area (Å²) in [6, 6.07) is 4.19. The number of hydrogen-bond donors (Lipinski definition) is 2. The van der Waals surface area contributed by atoms with E-state index in [9.17, 15) is 14.0 Å². The van der Waals surface area contributed by atoms with Gasteiger partial charge in [-0.2, -0.15) is 0 Å². The summed E-state index contributed by atoms with van der Waals surface area (Å²) < 4.78 is 13.0. The molecule has 5 heteroatoms. The highest BCUT2D eigenvalue weighted by molar-refractivity contribution is 5.94. The Morgan fingerprint density at radius 1 is 1.39 bits per heavy atom. The van der Waals surface area contributed by atoms with Gasteiger partial charge in [0.05, 0.1) is 0 Å². The van der Waals surface area contributed by atoms with Crippen LogP contribution >= 0.6 is 0 Å². The predicted molar refractivity (Wildman–Crippen MR) is 64.4 cm³/mol. The Hall–Kier alpha value is -1.91. The molecule has 96 valence electrons. The summed E-state index contributed by atoms with van der Waals surface area (Å²) in [5.41, 5.74) is 5.93. The van der Waals surface area contributed by atoms with Crippen LogP contribution in [0.4, 0.5) is 4.39 Å². The first-order chi connectivity index (χ1) is 8.56. The van der Waals surface area contributed by atoms with E-state index in [0.29, 0.717) is 18.0 Å². The summed E-state index contributed by atoms with van der Waals surface area (Å²) in [5.74, 6) is -1.22. The van der Waals surface area contributed by atoms with Crippen LogP contribution in [-0.4, -0.2) is 17.9 Å². The number of aryl methyl sites for hydroxylation is 1. The van der Waals surface area contributed by atoms with Gasteiger partial charge >= 0.3 is 0 Å². The van der Waals surface area contributed by atoms with Crippen LogP contribution in [0.15, 0.2) is 18.2 Å². The molecule has 0 heterocycles. The first-order valence-electron chi connectivity index (χ1n) is 5.94. The van der Waals surface area contributed by atoms with Gasteiger partial charge in [0.2, 0.25) is 11.8 Å². The molecule has 1 aliphatic rings.